The third-order valence-corrected chi connectivity index (χ3v) is 2.11. The van der Waals surface area contributed by atoms with Crippen LogP contribution in [-0.2, 0) is 4.79 Å². The molecule has 0 saturated carbocycles. The first kappa shape index (κ1) is 14.0. The molecule has 18 heavy (non-hydrogen) atoms. The number of carbonyl (C=O) groups excluding carboxylic acids is 1. The summed E-state index contributed by atoms with van der Waals surface area (Å²) in [6, 6.07) is 1.33. The average Bonchev–Trinajstić information content (AvgIpc) is 2.74. The van der Waals surface area contributed by atoms with Crippen LogP contribution in [0.3, 0.4) is 0 Å². The van der Waals surface area contributed by atoms with E-state index in [1.54, 1.807) is 0 Å². The number of amides is 1. The quantitative estimate of drug-likeness (QED) is 0.811. The maximum absolute atomic E-state index is 12.0. The van der Waals surface area contributed by atoms with Gasteiger partial charge in [0.15, 0.2) is 0 Å². The van der Waals surface area contributed by atoms with E-state index in [4.69, 9.17) is 14.4 Å². The van der Waals surface area contributed by atoms with Gasteiger partial charge in [-0.15, -0.1) is 0 Å². The molecule has 0 aliphatic rings. The zero-order valence-electron chi connectivity index (χ0n) is 10.5. The molecule has 0 fully saturated rings. The Kier molecular flexibility index (Phi) is 4.70. The van der Waals surface area contributed by atoms with Crippen LogP contribution in [0.4, 0.5) is 0 Å². The van der Waals surface area contributed by atoms with E-state index in [0.29, 0.717) is 6.54 Å². The number of rotatable bonds is 6. The number of aromatic nitrogens is 1. The van der Waals surface area contributed by atoms with Gasteiger partial charge in [-0.05, 0) is 11.1 Å². The van der Waals surface area contributed by atoms with E-state index in [9.17, 15) is 9.59 Å². The molecular weight excluding hydrogens is 240 g/mol. The van der Waals surface area contributed by atoms with Crippen LogP contribution in [0.5, 0.6) is 5.88 Å². The summed E-state index contributed by atoms with van der Waals surface area (Å²) < 4.78 is 9.60. The Balaban J connectivity index is 2.83. The highest BCUT2D eigenvalue weighted by Crippen LogP contribution is 2.13. The van der Waals surface area contributed by atoms with Gasteiger partial charge in [0, 0.05) is 6.54 Å². The summed E-state index contributed by atoms with van der Waals surface area (Å²) in [7, 11) is 1.40. The van der Waals surface area contributed by atoms with Crippen LogP contribution in [0, 0.1) is 5.92 Å². The lowest BCUT2D eigenvalue weighted by molar-refractivity contribution is -0.137. The van der Waals surface area contributed by atoms with Crippen molar-refractivity contribution in [2.75, 3.05) is 20.2 Å². The topological polar surface area (TPSA) is 92.9 Å². The van der Waals surface area contributed by atoms with Gasteiger partial charge in [0.2, 0.25) is 5.76 Å². The maximum Gasteiger partial charge on any atom is 0.323 e. The molecule has 0 bridgehead atoms. The summed E-state index contributed by atoms with van der Waals surface area (Å²) in [4.78, 5) is 23.9. The van der Waals surface area contributed by atoms with Gasteiger partial charge in [0.1, 0.15) is 6.54 Å². The molecule has 0 aliphatic heterocycles. The Morgan fingerprint density at radius 2 is 2.22 bits per heavy atom. The van der Waals surface area contributed by atoms with Crippen molar-refractivity contribution in [2.45, 2.75) is 13.8 Å². The Morgan fingerprint density at radius 3 is 2.67 bits per heavy atom. The highest BCUT2D eigenvalue weighted by Gasteiger charge is 2.23. The monoisotopic (exact) mass is 256 g/mol. The molecule has 0 saturated heterocycles. The third-order valence-electron chi connectivity index (χ3n) is 2.11. The molecule has 1 N–H and O–H groups in total. The lowest BCUT2D eigenvalue weighted by atomic mass is 10.2. The predicted molar refractivity (Wildman–Crippen MR) is 61.4 cm³/mol. The zero-order chi connectivity index (χ0) is 13.7. The molecule has 1 heterocycles. The predicted octanol–water partition coefficient (Wildman–Crippen LogP) is 0.866. The number of nitrogens with zero attached hydrogens (tertiary/aromatic N) is 2. The van der Waals surface area contributed by atoms with Crippen LogP contribution in [0.2, 0.25) is 0 Å². The van der Waals surface area contributed by atoms with Crippen molar-refractivity contribution in [1.82, 2.24) is 10.1 Å². The number of ether oxygens (including phenoxy) is 1. The molecule has 7 nitrogen and oxygen atoms in total. The first-order chi connectivity index (χ1) is 8.43. The highest BCUT2D eigenvalue weighted by atomic mass is 16.5. The van der Waals surface area contributed by atoms with E-state index in [1.807, 2.05) is 13.8 Å². The van der Waals surface area contributed by atoms with Gasteiger partial charge in [-0.2, -0.15) is 0 Å². The maximum atomic E-state index is 12.0. The van der Waals surface area contributed by atoms with Crippen LogP contribution in [0.25, 0.3) is 0 Å². The van der Waals surface area contributed by atoms with Crippen molar-refractivity contribution in [2.24, 2.45) is 5.92 Å². The van der Waals surface area contributed by atoms with Gasteiger partial charge < -0.3 is 19.3 Å². The molecule has 100 valence electrons. The molecule has 1 aromatic rings. The summed E-state index contributed by atoms with van der Waals surface area (Å²) in [6.07, 6.45) is 0. The Labute approximate surface area is 104 Å². The van der Waals surface area contributed by atoms with Gasteiger partial charge in [0.05, 0.1) is 13.2 Å². The fourth-order valence-electron chi connectivity index (χ4n) is 1.44. The fourth-order valence-corrected chi connectivity index (χ4v) is 1.44. The van der Waals surface area contributed by atoms with Crippen LogP contribution in [0.15, 0.2) is 10.6 Å². The lowest BCUT2D eigenvalue weighted by Gasteiger charge is -2.21. The summed E-state index contributed by atoms with van der Waals surface area (Å²) >= 11 is 0. The molecule has 1 amide bonds. The molecule has 0 radical (unpaired) electrons. The minimum atomic E-state index is -1.07. The number of methoxy groups -OCH3 is 1. The van der Waals surface area contributed by atoms with E-state index >= 15 is 0 Å². The Morgan fingerprint density at radius 1 is 1.56 bits per heavy atom. The van der Waals surface area contributed by atoms with E-state index in [0.717, 1.165) is 0 Å². The first-order valence-corrected chi connectivity index (χ1v) is 5.45. The van der Waals surface area contributed by atoms with E-state index in [-0.39, 0.29) is 24.1 Å². The number of aliphatic carboxylic acids is 1. The van der Waals surface area contributed by atoms with E-state index < -0.39 is 11.9 Å². The van der Waals surface area contributed by atoms with Crippen LogP contribution >= 0.6 is 0 Å². The Hall–Kier alpha value is -2.05. The smallest absolute Gasteiger partial charge is 0.323 e. The molecule has 0 spiro atoms. The van der Waals surface area contributed by atoms with Gasteiger partial charge in [0.25, 0.3) is 11.8 Å². The summed E-state index contributed by atoms with van der Waals surface area (Å²) in [5.74, 6) is -1.29. The normalized spacial score (nSPS) is 10.4. The van der Waals surface area contributed by atoms with Crippen LogP contribution < -0.4 is 4.74 Å². The van der Waals surface area contributed by atoms with Gasteiger partial charge in [-0.3, -0.25) is 9.59 Å². The van der Waals surface area contributed by atoms with Gasteiger partial charge >= 0.3 is 5.97 Å². The van der Waals surface area contributed by atoms with Crippen LogP contribution in [-0.4, -0.2) is 47.2 Å². The van der Waals surface area contributed by atoms with Crippen molar-refractivity contribution >= 4 is 11.9 Å². The molecule has 0 unspecified atom stereocenters. The van der Waals surface area contributed by atoms with Crippen molar-refractivity contribution in [3.63, 3.8) is 0 Å². The van der Waals surface area contributed by atoms with Gasteiger partial charge in [-0.25, -0.2) is 0 Å². The standard InChI is InChI=1S/C11H16N2O5/c1-7(2)5-13(6-10(14)15)11(16)8-4-9(17-3)12-18-8/h4,7H,5-6H2,1-3H3,(H,14,15). The summed E-state index contributed by atoms with van der Waals surface area (Å²) in [5, 5.41) is 12.3. The highest BCUT2D eigenvalue weighted by molar-refractivity contribution is 5.93. The van der Waals surface area contributed by atoms with Crippen molar-refractivity contribution in [3.05, 3.63) is 11.8 Å². The summed E-state index contributed by atoms with van der Waals surface area (Å²) in [6.45, 7) is 3.74. The lowest BCUT2D eigenvalue weighted by Crippen LogP contribution is -2.38. The molecule has 0 atom stereocenters. The minimum absolute atomic E-state index is 0.0336. The second-order valence-electron chi connectivity index (χ2n) is 4.21. The molecule has 1 aromatic heterocycles. The minimum Gasteiger partial charge on any atom is -0.480 e. The zero-order valence-corrected chi connectivity index (χ0v) is 10.5. The molecule has 1 rings (SSSR count). The molecule has 7 heteroatoms. The third kappa shape index (κ3) is 3.76. The number of carbonyl (C=O) groups is 2. The van der Waals surface area contributed by atoms with Gasteiger partial charge in [-0.1, -0.05) is 13.8 Å². The second-order valence-corrected chi connectivity index (χ2v) is 4.21. The Bertz CT molecular complexity index is 427. The van der Waals surface area contributed by atoms with E-state index in [1.165, 1.54) is 18.1 Å². The van der Waals surface area contributed by atoms with Crippen LogP contribution in [0.1, 0.15) is 24.4 Å². The van der Waals surface area contributed by atoms with Crippen molar-refractivity contribution in [1.29, 1.82) is 0 Å². The summed E-state index contributed by atoms with van der Waals surface area (Å²) in [5.41, 5.74) is 0. The number of hydrogen-bond acceptors (Lipinski definition) is 5. The van der Waals surface area contributed by atoms with E-state index in [2.05, 4.69) is 5.16 Å². The molecule has 0 aliphatic carbocycles. The SMILES string of the molecule is COc1cc(C(=O)N(CC(=O)O)CC(C)C)on1. The molecular formula is C11H16N2O5. The average molecular weight is 256 g/mol. The largest absolute Gasteiger partial charge is 0.480 e. The number of carboxylic acids is 1. The fraction of sp³-hybridized carbons (Fsp3) is 0.545. The van der Waals surface area contributed by atoms with Crippen molar-refractivity contribution in [3.8, 4) is 5.88 Å². The number of carboxylic acid groups (broad SMARTS) is 1. The molecule has 0 aromatic carbocycles. The first-order valence-electron chi connectivity index (χ1n) is 5.45. The second kappa shape index (κ2) is 6.04. The van der Waals surface area contributed by atoms with Crippen molar-refractivity contribution < 1.29 is 24.0 Å². The number of hydrogen-bond donors (Lipinski definition) is 1.